The number of aromatic nitrogens is 1. The maximum Gasteiger partial charge on any atom is 0.258 e. The smallest absolute Gasteiger partial charge is 0.258 e. The first-order valence-electron chi connectivity index (χ1n) is 8.80. The number of aliphatic hydroxyl groups is 1. The molecule has 4 rings (SSSR count). The molecule has 2 heterocycles. The second-order valence-electron chi connectivity index (χ2n) is 6.88. The topological polar surface area (TPSA) is 53.4 Å². The van der Waals surface area contributed by atoms with Crippen molar-refractivity contribution in [2.45, 2.75) is 18.9 Å². The van der Waals surface area contributed by atoms with E-state index >= 15 is 0 Å². The van der Waals surface area contributed by atoms with Crippen LogP contribution in [0.3, 0.4) is 0 Å². The van der Waals surface area contributed by atoms with Gasteiger partial charge in [0.25, 0.3) is 5.91 Å². The number of fused-ring (bicyclic) bond motifs is 1. The minimum absolute atomic E-state index is 0.0776. The van der Waals surface area contributed by atoms with Crippen LogP contribution in [0.2, 0.25) is 5.02 Å². The van der Waals surface area contributed by atoms with Crippen molar-refractivity contribution in [1.29, 1.82) is 0 Å². The number of anilines is 1. The molecular weight excluding hydrogens is 360 g/mol. The van der Waals surface area contributed by atoms with Gasteiger partial charge in [0.2, 0.25) is 0 Å². The summed E-state index contributed by atoms with van der Waals surface area (Å²) < 4.78 is 0. The van der Waals surface area contributed by atoms with Crippen LogP contribution >= 0.6 is 11.6 Å². The molecular formula is C22H19ClN2O2. The number of benzene rings is 2. The molecule has 1 aliphatic rings. The first-order valence-corrected chi connectivity index (χ1v) is 9.18. The number of halogens is 1. The lowest BCUT2D eigenvalue weighted by molar-refractivity contribution is 0.0974. The highest BCUT2D eigenvalue weighted by Crippen LogP contribution is 2.32. The standard InChI is InChI=1S/C22H19ClN2O2/c1-22(27,16-5-3-2-4-6-16)17-12-19(14-24-13-17)25-10-9-15-11-18(23)7-8-20(15)21(25)26/h2-8,11-14,27H,9-10H2,1H3. The van der Waals surface area contributed by atoms with E-state index in [4.69, 9.17) is 11.6 Å². The summed E-state index contributed by atoms with van der Waals surface area (Å²) in [6, 6.07) is 16.6. The Balaban J connectivity index is 1.69. The van der Waals surface area contributed by atoms with Crippen LogP contribution in [0.15, 0.2) is 67.0 Å². The molecule has 0 bridgehead atoms. The van der Waals surface area contributed by atoms with E-state index in [1.165, 1.54) is 0 Å². The fourth-order valence-electron chi connectivity index (χ4n) is 3.47. The van der Waals surface area contributed by atoms with Crippen molar-refractivity contribution in [3.05, 3.63) is 94.3 Å². The lowest BCUT2D eigenvalue weighted by Crippen LogP contribution is -2.38. The van der Waals surface area contributed by atoms with E-state index in [1.807, 2.05) is 42.5 Å². The fourth-order valence-corrected chi connectivity index (χ4v) is 3.67. The van der Waals surface area contributed by atoms with Gasteiger partial charge in [0.15, 0.2) is 0 Å². The molecule has 0 aliphatic carbocycles. The lowest BCUT2D eigenvalue weighted by Gasteiger charge is -2.30. The van der Waals surface area contributed by atoms with Crippen molar-refractivity contribution in [2.24, 2.45) is 0 Å². The van der Waals surface area contributed by atoms with Gasteiger partial charge in [-0.1, -0.05) is 41.9 Å². The zero-order valence-corrected chi connectivity index (χ0v) is 15.6. The van der Waals surface area contributed by atoms with Crippen LogP contribution in [0.4, 0.5) is 5.69 Å². The average molecular weight is 379 g/mol. The molecule has 27 heavy (non-hydrogen) atoms. The molecule has 0 saturated carbocycles. The average Bonchev–Trinajstić information content (AvgIpc) is 2.69. The van der Waals surface area contributed by atoms with E-state index in [0.29, 0.717) is 28.4 Å². The van der Waals surface area contributed by atoms with Gasteiger partial charge in [-0.05, 0) is 48.7 Å². The van der Waals surface area contributed by atoms with E-state index in [2.05, 4.69) is 4.98 Å². The van der Waals surface area contributed by atoms with Gasteiger partial charge in [0, 0.05) is 28.9 Å². The van der Waals surface area contributed by atoms with Crippen LogP contribution in [-0.2, 0) is 12.0 Å². The van der Waals surface area contributed by atoms with Gasteiger partial charge in [-0.15, -0.1) is 0 Å². The van der Waals surface area contributed by atoms with Crippen LogP contribution in [0, 0.1) is 0 Å². The maximum absolute atomic E-state index is 13.0. The summed E-state index contributed by atoms with van der Waals surface area (Å²) in [5.74, 6) is -0.0776. The van der Waals surface area contributed by atoms with Crippen molar-refractivity contribution >= 4 is 23.2 Å². The Labute approximate surface area is 163 Å². The van der Waals surface area contributed by atoms with Gasteiger partial charge < -0.3 is 10.0 Å². The first-order chi connectivity index (χ1) is 13.0. The quantitative estimate of drug-likeness (QED) is 0.743. The third kappa shape index (κ3) is 3.22. The van der Waals surface area contributed by atoms with Crippen molar-refractivity contribution in [3.8, 4) is 0 Å². The predicted molar refractivity (Wildman–Crippen MR) is 106 cm³/mol. The van der Waals surface area contributed by atoms with Crippen molar-refractivity contribution in [3.63, 3.8) is 0 Å². The number of amides is 1. The number of carbonyl (C=O) groups excluding carboxylic acids is 1. The largest absolute Gasteiger partial charge is 0.381 e. The van der Waals surface area contributed by atoms with Gasteiger partial charge in [0.1, 0.15) is 5.60 Å². The fraction of sp³-hybridized carbons (Fsp3) is 0.182. The minimum atomic E-state index is -1.20. The molecule has 3 aromatic rings. The number of carbonyl (C=O) groups is 1. The van der Waals surface area contributed by atoms with Crippen LogP contribution in [0.25, 0.3) is 0 Å². The Hall–Kier alpha value is -2.69. The van der Waals surface area contributed by atoms with Gasteiger partial charge >= 0.3 is 0 Å². The highest BCUT2D eigenvalue weighted by Gasteiger charge is 2.29. The SMILES string of the molecule is CC(O)(c1ccccc1)c1cncc(N2CCc3cc(Cl)ccc3C2=O)c1. The molecule has 4 nitrogen and oxygen atoms in total. The molecule has 5 heteroatoms. The van der Waals surface area contributed by atoms with E-state index in [9.17, 15) is 9.90 Å². The molecule has 0 radical (unpaired) electrons. The monoisotopic (exact) mass is 378 g/mol. The zero-order valence-electron chi connectivity index (χ0n) is 14.9. The molecule has 1 amide bonds. The molecule has 1 N–H and O–H groups in total. The normalized spacial score (nSPS) is 16.0. The summed E-state index contributed by atoms with van der Waals surface area (Å²) >= 11 is 6.04. The number of nitrogens with zero attached hydrogens (tertiary/aromatic N) is 2. The second-order valence-corrected chi connectivity index (χ2v) is 7.31. The van der Waals surface area contributed by atoms with Crippen LogP contribution in [0.1, 0.15) is 34.0 Å². The molecule has 0 fully saturated rings. The Morgan fingerprint density at radius 3 is 2.63 bits per heavy atom. The van der Waals surface area contributed by atoms with Crippen LogP contribution in [-0.4, -0.2) is 22.5 Å². The summed E-state index contributed by atoms with van der Waals surface area (Å²) in [6.45, 7) is 2.28. The number of hydrogen-bond acceptors (Lipinski definition) is 3. The molecule has 1 atom stereocenters. The van der Waals surface area contributed by atoms with Gasteiger partial charge in [-0.25, -0.2) is 0 Å². The molecule has 0 spiro atoms. The Morgan fingerprint density at radius 1 is 1.07 bits per heavy atom. The highest BCUT2D eigenvalue weighted by atomic mass is 35.5. The third-order valence-electron chi connectivity index (χ3n) is 5.08. The van der Waals surface area contributed by atoms with E-state index in [-0.39, 0.29) is 5.91 Å². The Bertz CT molecular complexity index is 1000. The first kappa shape index (κ1) is 17.7. The molecule has 1 unspecified atom stereocenters. The van der Waals surface area contributed by atoms with Crippen molar-refractivity contribution in [2.75, 3.05) is 11.4 Å². The summed E-state index contributed by atoms with van der Waals surface area (Å²) in [5.41, 5.74) is 2.51. The molecule has 1 aromatic heterocycles. The highest BCUT2D eigenvalue weighted by molar-refractivity contribution is 6.30. The van der Waals surface area contributed by atoms with E-state index < -0.39 is 5.60 Å². The van der Waals surface area contributed by atoms with E-state index in [1.54, 1.807) is 36.4 Å². The molecule has 0 saturated heterocycles. The minimum Gasteiger partial charge on any atom is -0.381 e. The van der Waals surface area contributed by atoms with Crippen molar-refractivity contribution in [1.82, 2.24) is 4.98 Å². The summed E-state index contributed by atoms with van der Waals surface area (Å²) in [6.07, 6.45) is 4.02. The van der Waals surface area contributed by atoms with Gasteiger partial charge in [-0.2, -0.15) is 0 Å². The van der Waals surface area contributed by atoms with E-state index in [0.717, 1.165) is 17.5 Å². The summed E-state index contributed by atoms with van der Waals surface area (Å²) in [5, 5.41) is 11.7. The van der Waals surface area contributed by atoms with Crippen LogP contribution < -0.4 is 4.90 Å². The Kier molecular flexibility index (Phi) is 4.46. The molecule has 136 valence electrons. The van der Waals surface area contributed by atoms with Gasteiger partial charge in [-0.3, -0.25) is 9.78 Å². The summed E-state index contributed by atoms with van der Waals surface area (Å²) in [7, 11) is 0. The number of pyridine rings is 1. The Morgan fingerprint density at radius 2 is 1.85 bits per heavy atom. The predicted octanol–water partition coefficient (Wildman–Crippen LogP) is 4.19. The van der Waals surface area contributed by atoms with Crippen LogP contribution in [0.5, 0.6) is 0 Å². The van der Waals surface area contributed by atoms with Gasteiger partial charge in [0.05, 0.1) is 11.9 Å². The maximum atomic E-state index is 13.0. The van der Waals surface area contributed by atoms with Crippen molar-refractivity contribution < 1.29 is 9.90 Å². The zero-order chi connectivity index (χ0) is 19.0. The second kappa shape index (κ2) is 6.80. The third-order valence-corrected chi connectivity index (χ3v) is 5.32. The number of rotatable bonds is 3. The lowest BCUT2D eigenvalue weighted by atomic mass is 9.89. The summed E-state index contributed by atoms with van der Waals surface area (Å²) in [4.78, 5) is 18.9. The molecule has 2 aromatic carbocycles. The number of hydrogen-bond donors (Lipinski definition) is 1. The molecule has 1 aliphatic heterocycles.